The summed E-state index contributed by atoms with van der Waals surface area (Å²) in [5.74, 6) is 1.70. The lowest BCUT2D eigenvalue weighted by Gasteiger charge is -2.32. The third-order valence-corrected chi connectivity index (χ3v) is 4.52. The Morgan fingerprint density at radius 3 is 2.61 bits per heavy atom. The normalized spacial score (nSPS) is 16.5. The van der Waals surface area contributed by atoms with Crippen LogP contribution in [0.25, 0.3) is 0 Å². The van der Waals surface area contributed by atoms with Crippen molar-refractivity contribution in [2.75, 3.05) is 26.3 Å². The third-order valence-electron chi connectivity index (χ3n) is 4.52. The molecule has 7 nitrogen and oxygen atoms in total. The Kier molecular flexibility index (Phi) is 6.68. The third kappa shape index (κ3) is 4.91. The maximum absolute atomic E-state index is 13.0. The molecule has 1 fully saturated rings. The monoisotopic (exact) mass is 385 g/mol. The van der Waals surface area contributed by atoms with Crippen LogP contribution < -0.4 is 14.2 Å². The molecule has 7 heteroatoms. The van der Waals surface area contributed by atoms with Gasteiger partial charge in [0.1, 0.15) is 6.10 Å². The second-order valence-electron chi connectivity index (χ2n) is 6.67. The SMILES string of the molecule is CCOc1ccc(C(=O)N2CCCC(Oc3ccc(C)nn3)C2)cc1OCC. The molecule has 0 aliphatic carbocycles. The number of aromatic nitrogens is 2. The predicted molar refractivity (Wildman–Crippen MR) is 105 cm³/mol. The minimum atomic E-state index is -0.0937. The molecule has 3 rings (SSSR count). The van der Waals surface area contributed by atoms with Crippen molar-refractivity contribution < 1.29 is 19.0 Å². The van der Waals surface area contributed by atoms with Gasteiger partial charge in [0.15, 0.2) is 11.5 Å². The molecule has 1 atom stereocenters. The van der Waals surface area contributed by atoms with E-state index in [4.69, 9.17) is 14.2 Å². The average molecular weight is 385 g/mol. The molecule has 1 amide bonds. The van der Waals surface area contributed by atoms with Crippen molar-refractivity contribution in [3.05, 3.63) is 41.6 Å². The molecular formula is C21H27N3O4. The second-order valence-corrected chi connectivity index (χ2v) is 6.67. The summed E-state index contributed by atoms with van der Waals surface area (Å²) in [6.07, 6.45) is 1.67. The minimum Gasteiger partial charge on any atom is -0.490 e. The first-order valence-electron chi connectivity index (χ1n) is 9.76. The van der Waals surface area contributed by atoms with Crippen LogP contribution in [-0.4, -0.2) is 53.4 Å². The maximum atomic E-state index is 13.0. The summed E-state index contributed by atoms with van der Waals surface area (Å²) in [5.41, 5.74) is 1.43. The quantitative estimate of drug-likeness (QED) is 0.728. The smallest absolute Gasteiger partial charge is 0.254 e. The van der Waals surface area contributed by atoms with Gasteiger partial charge in [-0.15, -0.1) is 5.10 Å². The van der Waals surface area contributed by atoms with Crippen molar-refractivity contribution in [2.45, 2.75) is 39.7 Å². The first-order chi connectivity index (χ1) is 13.6. The number of nitrogens with zero attached hydrogens (tertiary/aromatic N) is 3. The first kappa shape index (κ1) is 19.9. The molecule has 0 radical (unpaired) electrons. The van der Waals surface area contributed by atoms with Crippen LogP contribution in [0.2, 0.25) is 0 Å². The van der Waals surface area contributed by atoms with Crippen LogP contribution in [0.15, 0.2) is 30.3 Å². The van der Waals surface area contributed by atoms with Crippen LogP contribution in [0.4, 0.5) is 0 Å². The molecule has 1 aliphatic heterocycles. The fourth-order valence-electron chi connectivity index (χ4n) is 3.21. The summed E-state index contributed by atoms with van der Waals surface area (Å²) in [5, 5.41) is 8.07. The molecule has 28 heavy (non-hydrogen) atoms. The molecule has 1 aromatic heterocycles. The molecule has 150 valence electrons. The highest BCUT2D eigenvalue weighted by Crippen LogP contribution is 2.29. The number of aryl methyl sites for hydroxylation is 1. The maximum Gasteiger partial charge on any atom is 0.254 e. The fourth-order valence-corrected chi connectivity index (χ4v) is 3.21. The second kappa shape index (κ2) is 9.39. The minimum absolute atomic E-state index is 0.0349. The largest absolute Gasteiger partial charge is 0.490 e. The van der Waals surface area contributed by atoms with Gasteiger partial charge < -0.3 is 19.1 Å². The Labute approximate surface area is 165 Å². The summed E-state index contributed by atoms with van der Waals surface area (Å²) < 4.78 is 17.1. The zero-order valence-electron chi connectivity index (χ0n) is 16.7. The summed E-state index contributed by atoms with van der Waals surface area (Å²) in [7, 11) is 0. The van der Waals surface area contributed by atoms with Crippen molar-refractivity contribution in [1.82, 2.24) is 15.1 Å². The van der Waals surface area contributed by atoms with Gasteiger partial charge in [0, 0.05) is 18.2 Å². The van der Waals surface area contributed by atoms with Crippen LogP contribution >= 0.6 is 0 Å². The molecule has 2 heterocycles. The van der Waals surface area contributed by atoms with Crippen LogP contribution in [0.1, 0.15) is 42.7 Å². The Bertz CT molecular complexity index is 795. The zero-order valence-corrected chi connectivity index (χ0v) is 16.7. The van der Waals surface area contributed by atoms with E-state index in [2.05, 4.69) is 10.2 Å². The lowest BCUT2D eigenvalue weighted by molar-refractivity contribution is 0.0525. The summed E-state index contributed by atoms with van der Waals surface area (Å²) in [4.78, 5) is 14.8. The van der Waals surface area contributed by atoms with Crippen LogP contribution in [0, 0.1) is 6.92 Å². The summed E-state index contributed by atoms with van der Waals surface area (Å²) >= 11 is 0. The molecule has 0 spiro atoms. The molecule has 2 aromatic rings. The highest BCUT2D eigenvalue weighted by Gasteiger charge is 2.26. The molecule has 0 N–H and O–H groups in total. The van der Waals surface area contributed by atoms with Gasteiger partial charge in [-0.3, -0.25) is 4.79 Å². The van der Waals surface area contributed by atoms with Gasteiger partial charge in [0.2, 0.25) is 5.88 Å². The lowest BCUT2D eigenvalue weighted by Crippen LogP contribution is -2.44. The van der Waals surface area contributed by atoms with Crippen LogP contribution in [-0.2, 0) is 0 Å². The highest BCUT2D eigenvalue weighted by atomic mass is 16.5. The number of hydrogen-bond acceptors (Lipinski definition) is 6. The molecule has 0 bridgehead atoms. The topological polar surface area (TPSA) is 73.8 Å². The van der Waals surface area contributed by atoms with E-state index >= 15 is 0 Å². The van der Waals surface area contributed by atoms with E-state index < -0.39 is 0 Å². The molecular weight excluding hydrogens is 358 g/mol. The number of likely N-dealkylation sites (tertiary alicyclic amines) is 1. The number of benzene rings is 1. The number of rotatable bonds is 7. The number of piperidine rings is 1. The molecule has 1 aromatic carbocycles. The standard InChI is InChI=1S/C21H27N3O4/c1-4-26-18-10-9-16(13-19(18)27-5-2)21(25)24-12-6-7-17(14-24)28-20-11-8-15(3)22-23-20/h8-11,13,17H,4-7,12,14H2,1-3H3. The van der Waals surface area contributed by atoms with Crippen molar-refractivity contribution in [2.24, 2.45) is 0 Å². The summed E-state index contributed by atoms with van der Waals surface area (Å²) in [6.45, 7) is 7.98. The van der Waals surface area contributed by atoms with Crippen molar-refractivity contribution in [3.8, 4) is 17.4 Å². The number of ether oxygens (including phenoxy) is 3. The fraction of sp³-hybridized carbons (Fsp3) is 0.476. The molecule has 1 unspecified atom stereocenters. The summed E-state index contributed by atoms with van der Waals surface area (Å²) in [6, 6.07) is 9.01. The molecule has 1 saturated heterocycles. The van der Waals surface area contributed by atoms with E-state index in [1.165, 1.54) is 0 Å². The predicted octanol–water partition coefficient (Wildman–Crippen LogP) is 3.27. The molecule has 1 aliphatic rings. The van der Waals surface area contributed by atoms with Gasteiger partial charge in [-0.25, -0.2) is 0 Å². The van der Waals surface area contributed by atoms with Gasteiger partial charge in [-0.05, 0) is 57.9 Å². The number of hydrogen-bond donors (Lipinski definition) is 0. The van der Waals surface area contributed by atoms with E-state index in [1.54, 1.807) is 18.2 Å². The Balaban J connectivity index is 1.69. The van der Waals surface area contributed by atoms with Gasteiger partial charge in [0.05, 0.1) is 25.5 Å². The van der Waals surface area contributed by atoms with Gasteiger partial charge in [-0.2, -0.15) is 5.10 Å². The van der Waals surface area contributed by atoms with E-state index in [-0.39, 0.29) is 12.0 Å². The number of carbonyl (C=O) groups excluding carboxylic acids is 1. The first-order valence-corrected chi connectivity index (χ1v) is 9.76. The van der Waals surface area contributed by atoms with Gasteiger partial charge >= 0.3 is 0 Å². The highest BCUT2D eigenvalue weighted by molar-refractivity contribution is 5.95. The average Bonchev–Trinajstić information content (AvgIpc) is 2.71. The Morgan fingerprint density at radius 1 is 1.11 bits per heavy atom. The van der Waals surface area contributed by atoms with Gasteiger partial charge in [0.25, 0.3) is 5.91 Å². The number of carbonyl (C=O) groups is 1. The number of amides is 1. The van der Waals surface area contributed by atoms with E-state index in [1.807, 2.05) is 37.8 Å². The van der Waals surface area contributed by atoms with E-state index in [0.29, 0.717) is 49.2 Å². The Morgan fingerprint density at radius 2 is 1.89 bits per heavy atom. The van der Waals surface area contributed by atoms with Crippen LogP contribution in [0.5, 0.6) is 17.4 Å². The van der Waals surface area contributed by atoms with Gasteiger partial charge in [-0.1, -0.05) is 0 Å². The van der Waals surface area contributed by atoms with Crippen LogP contribution in [0.3, 0.4) is 0 Å². The lowest BCUT2D eigenvalue weighted by atomic mass is 10.1. The van der Waals surface area contributed by atoms with E-state index in [9.17, 15) is 4.79 Å². The van der Waals surface area contributed by atoms with Crippen molar-refractivity contribution >= 4 is 5.91 Å². The molecule has 0 saturated carbocycles. The van der Waals surface area contributed by atoms with E-state index in [0.717, 1.165) is 18.5 Å². The van der Waals surface area contributed by atoms with Crippen molar-refractivity contribution in [1.29, 1.82) is 0 Å². The zero-order chi connectivity index (χ0) is 19.9. The Hall–Kier alpha value is -2.83. The van der Waals surface area contributed by atoms with Crippen molar-refractivity contribution in [3.63, 3.8) is 0 Å².